The first kappa shape index (κ1) is 17.1. The molecule has 0 saturated carbocycles. The topological polar surface area (TPSA) is 76.6 Å². The van der Waals surface area contributed by atoms with Crippen molar-refractivity contribution < 1.29 is 14.3 Å². The lowest BCUT2D eigenvalue weighted by Gasteiger charge is -2.37. The van der Waals surface area contributed by atoms with Crippen LogP contribution in [0.2, 0.25) is 0 Å². The van der Waals surface area contributed by atoms with Crippen molar-refractivity contribution in [1.82, 2.24) is 14.9 Å². The summed E-state index contributed by atoms with van der Waals surface area (Å²) in [6, 6.07) is 1.75. The molecule has 1 aromatic heterocycles. The lowest BCUT2D eigenvalue weighted by Crippen LogP contribution is -2.47. The van der Waals surface area contributed by atoms with Gasteiger partial charge in [-0.2, -0.15) is 0 Å². The first-order valence-corrected chi connectivity index (χ1v) is 8.79. The Hall–Kier alpha value is -1.73. The van der Waals surface area contributed by atoms with Crippen LogP contribution >= 0.6 is 0 Å². The zero-order valence-corrected chi connectivity index (χ0v) is 14.5. The Bertz CT molecular complexity index is 577. The molecule has 0 bridgehead atoms. The number of amides is 1. The fraction of sp³-hybridized carbons (Fsp3) is 0.706. The molecule has 3 rings (SSSR count). The van der Waals surface area contributed by atoms with Crippen LogP contribution < -0.4 is 5.32 Å². The Morgan fingerprint density at radius 1 is 1.29 bits per heavy atom. The van der Waals surface area contributed by atoms with Gasteiger partial charge in [0.1, 0.15) is 17.3 Å². The van der Waals surface area contributed by atoms with Crippen molar-refractivity contribution in [3.05, 3.63) is 17.6 Å². The fourth-order valence-corrected chi connectivity index (χ4v) is 3.16. The normalized spacial score (nSPS) is 19.7. The number of hydrogen-bond donors (Lipinski definition) is 1. The SMILES string of the molecule is CCCCNc1cc(C(=O)N2CCC3(CC2)OCCO3)nc(C)n1. The van der Waals surface area contributed by atoms with E-state index in [0.717, 1.165) is 25.2 Å². The van der Waals surface area contributed by atoms with Gasteiger partial charge < -0.3 is 19.7 Å². The standard InChI is InChI=1S/C17H26N4O3/c1-3-4-7-18-15-12-14(19-13(2)20-15)16(22)21-8-5-17(6-9-21)23-10-11-24-17/h12H,3-11H2,1-2H3,(H,18,19,20). The average molecular weight is 334 g/mol. The predicted molar refractivity (Wildman–Crippen MR) is 89.9 cm³/mol. The molecule has 1 amide bonds. The molecule has 2 saturated heterocycles. The van der Waals surface area contributed by atoms with Crippen LogP contribution in [-0.4, -0.2) is 59.4 Å². The zero-order chi connectivity index (χ0) is 17.0. The molecule has 132 valence electrons. The molecule has 0 radical (unpaired) electrons. The van der Waals surface area contributed by atoms with E-state index in [1.165, 1.54) is 0 Å². The number of unbranched alkanes of at least 4 members (excludes halogenated alkanes) is 1. The number of likely N-dealkylation sites (tertiary alicyclic amines) is 1. The molecule has 1 aromatic rings. The summed E-state index contributed by atoms with van der Waals surface area (Å²) in [6.07, 6.45) is 3.61. The van der Waals surface area contributed by atoms with Gasteiger partial charge in [-0.15, -0.1) is 0 Å². The maximum absolute atomic E-state index is 12.8. The van der Waals surface area contributed by atoms with Crippen LogP contribution in [0, 0.1) is 6.92 Å². The van der Waals surface area contributed by atoms with Gasteiger partial charge in [-0.1, -0.05) is 13.3 Å². The van der Waals surface area contributed by atoms with E-state index in [4.69, 9.17) is 9.47 Å². The van der Waals surface area contributed by atoms with E-state index < -0.39 is 5.79 Å². The van der Waals surface area contributed by atoms with E-state index in [-0.39, 0.29) is 5.91 Å². The second-order valence-corrected chi connectivity index (χ2v) is 6.37. The Labute approximate surface area is 142 Å². The quantitative estimate of drug-likeness (QED) is 0.830. The van der Waals surface area contributed by atoms with Crippen molar-refractivity contribution in [3.63, 3.8) is 0 Å². The molecule has 2 fully saturated rings. The van der Waals surface area contributed by atoms with Crippen molar-refractivity contribution >= 4 is 11.7 Å². The average Bonchev–Trinajstić information content (AvgIpc) is 3.03. The van der Waals surface area contributed by atoms with Crippen molar-refractivity contribution in [2.24, 2.45) is 0 Å². The minimum absolute atomic E-state index is 0.0492. The van der Waals surface area contributed by atoms with E-state index in [1.807, 2.05) is 11.8 Å². The molecule has 1 N–H and O–H groups in total. The summed E-state index contributed by atoms with van der Waals surface area (Å²) < 4.78 is 11.4. The largest absolute Gasteiger partial charge is 0.370 e. The molecule has 2 aliphatic rings. The lowest BCUT2D eigenvalue weighted by molar-refractivity contribution is -0.181. The number of nitrogens with zero attached hydrogens (tertiary/aromatic N) is 3. The molecule has 0 aromatic carbocycles. The van der Waals surface area contributed by atoms with E-state index in [0.29, 0.717) is 50.7 Å². The van der Waals surface area contributed by atoms with Crippen molar-refractivity contribution in [2.45, 2.75) is 45.3 Å². The van der Waals surface area contributed by atoms with E-state index in [1.54, 1.807) is 6.07 Å². The van der Waals surface area contributed by atoms with Gasteiger partial charge in [-0.3, -0.25) is 4.79 Å². The number of carbonyl (C=O) groups is 1. The molecule has 7 nitrogen and oxygen atoms in total. The van der Waals surface area contributed by atoms with Crippen molar-refractivity contribution in [1.29, 1.82) is 0 Å². The summed E-state index contributed by atoms with van der Waals surface area (Å²) in [6.45, 7) is 7.34. The third-order valence-corrected chi connectivity index (χ3v) is 4.52. The van der Waals surface area contributed by atoms with Crippen LogP contribution in [0.5, 0.6) is 0 Å². The van der Waals surface area contributed by atoms with Crippen LogP contribution in [0.15, 0.2) is 6.07 Å². The minimum atomic E-state index is -0.467. The highest BCUT2D eigenvalue weighted by Gasteiger charge is 2.41. The summed E-state index contributed by atoms with van der Waals surface area (Å²) in [5.74, 6) is 0.809. The number of carbonyl (C=O) groups excluding carboxylic acids is 1. The molecule has 24 heavy (non-hydrogen) atoms. The summed E-state index contributed by atoms with van der Waals surface area (Å²) in [5, 5.41) is 3.26. The van der Waals surface area contributed by atoms with Gasteiger partial charge in [0.2, 0.25) is 0 Å². The number of aromatic nitrogens is 2. The van der Waals surface area contributed by atoms with Gasteiger partial charge in [-0.25, -0.2) is 9.97 Å². The minimum Gasteiger partial charge on any atom is -0.370 e. The van der Waals surface area contributed by atoms with Gasteiger partial charge in [-0.05, 0) is 13.3 Å². The van der Waals surface area contributed by atoms with Gasteiger partial charge in [0, 0.05) is 38.5 Å². The molecule has 3 heterocycles. The highest BCUT2D eigenvalue weighted by atomic mass is 16.7. The van der Waals surface area contributed by atoms with Crippen molar-refractivity contribution in [3.8, 4) is 0 Å². The fourth-order valence-electron chi connectivity index (χ4n) is 3.16. The Morgan fingerprint density at radius 3 is 2.67 bits per heavy atom. The second kappa shape index (κ2) is 7.44. The predicted octanol–water partition coefficient (Wildman–Crippen LogP) is 1.98. The molecule has 0 atom stereocenters. The summed E-state index contributed by atoms with van der Waals surface area (Å²) in [4.78, 5) is 23.3. The second-order valence-electron chi connectivity index (χ2n) is 6.37. The van der Waals surface area contributed by atoms with Crippen molar-refractivity contribution in [2.75, 3.05) is 38.2 Å². The summed E-state index contributed by atoms with van der Waals surface area (Å²) >= 11 is 0. The van der Waals surface area contributed by atoms with Gasteiger partial charge in [0.05, 0.1) is 13.2 Å². The van der Waals surface area contributed by atoms with Crippen LogP contribution in [0.1, 0.15) is 48.9 Å². The van der Waals surface area contributed by atoms with E-state index in [9.17, 15) is 4.79 Å². The molecule has 1 spiro atoms. The number of anilines is 1. The first-order valence-electron chi connectivity index (χ1n) is 8.79. The molecule has 7 heteroatoms. The molecular weight excluding hydrogens is 308 g/mol. The van der Waals surface area contributed by atoms with Gasteiger partial charge in [0.15, 0.2) is 5.79 Å². The van der Waals surface area contributed by atoms with Gasteiger partial charge >= 0.3 is 0 Å². The lowest BCUT2D eigenvalue weighted by atomic mass is 10.0. The number of piperidine rings is 1. The third-order valence-electron chi connectivity index (χ3n) is 4.52. The molecular formula is C17H26N4O3. The monoisotopic (exact) mass is 334 g/mol. The first-order chi connectivity index (χ1) is 11.6. The van der Waals surface area contributed by atoms with Crippen LogP contribution in [0.4, 0.5) is 5.82 Å². The smallest absolute Gasteiger partial charge is 0.272 e. The Morgan fingerprint density at radius 2 is 2.00 bits per heavy atom. The summed E-state index contributed by atoms with van der Waals surface area (Å²) in [7, 11) is 0. The number of ether oxygens (including phenoxy) is 2. The maximum Gasteiger partial charge on any atom is 0.272 e. The van der Waals surface area contributed by atoms with Crippen LogP contribution in [0.25, 0.3) is 0 Å². The Kier molecular flexibility index (Phi) is 5.30. The number of rotatable bonds is 5. The van der Waals surface area contributed by atoms with Gasteiger partial charge in [0.25, 0.3) is 5.91 Å². The Balaban J connectivity index is 1.64. The highest BCUT2D eigenvalue weighted by molar-refractivity contribution is 5.93. The summed E-state index contributed by atoms with van der Waals surface area (Å²) in [5.41, 5.74) is 0.450. The number of hydrogen-bond acceptors (Lipinski definition) is 6. The maximum atomic E-state index is 12.8. The van der Waals surface area contributed by atoms with Crippen LogP contribution in [-0.2, 0) is 9.47 Å². The molecule has 0 unspecified atom stereocenters. The van der Waals surface area contributed by atoms with E-state index in [2.05, 4.69) is 22.2 Å². The third kappa shape index (κ3) is 3.84. The number of nitrogens with one attached hydrogen (secondary N) is 1. The van der Waals surface area contributed by atoms with Crippen LogP contribution in [0.3, 0.4) is 0 Å². The number of aryl methyl sites for hydroxylation is 1. The molecule has 0 aliphatic carbocycles. The highest BCUT2D eigenvalue weighted by Crippen LogP contribution is 2.31. The zero-order valence-electron chi connectivity index (χ0n) is 14.5. The molecule has 2 aliphatic heterocycles. The van der Waals surface area contributed by atoms with E-state index >= 15 is 0 Å².